The number of benzene rings is 1. The molecule has 2 aromatic heterocycles. The lowest BCUT2D eigenvalue weighted by atomic mass is 10.2. The Bertz CT molecular complexity index is 833. The number of rotatable bonds is 6. The van der Waals surface area contributed by atoms with Gasteiger partial charge in [-0.2, -0.15) is 0 Å². The van der Waals surface area contributed by atoms with Crippen LogP contribution in [0.3, 0.4) is 0 Å². The molecule has 0 aliphatic carbocycles. The van der Waals surface area contributed by atoms with E-state index in [1.165, 1.54) is 0 Å². The van der Waals surface area contributed by atoms with Gasteiger partial charge in [0.05, 0.1) is 13.7 Å². The van der Waals surface area contributed by atoms with Gasteiger partial charge in [-0.1, -0.05) is 12.1 Å². The molecule has 0 radical (unpaired) electrons. The minimum Gasteiger partial charge on any atom is -0.497 e. The van der Waals surface area contributed by atoms with Gasteiger partial charge in [-0.15, -0.1) is 11.3 Å². The maximum Gasteiger partial charge on any atom is 0.219 e. The fraction of sp³-hybridized carbons (Fsp3) is 0.111. The Hall–Kier alpha value is -2.90. The SMILES string of the molecule is COc1cccc(Oc2ccc(C(=NCc3cccs3)NO)cn2)c1. The number of pyridine rings is 1. The zero-order valence-electron chi connectivity index (χ0n) is 13.5. The summed E-state index contributed by atoms with van der Waals surface area (Å²) in [5.41, 5.74) is 2.79. The molecule has 1 aromatic carbocycles. The predicted octanol–water partition coefficient (Wildman–Crippen LogP) is 3.87. The third-order valence-electron chi connectivity index (χ3n) is 3.35. The summed E-state index contributed by atoms with van der Waals surface area (Å²) >= 11 is 1.61. The van der Waals surface area contributed by atoms with Crippen LogP contribution in [0.4, 0.5) is 0 Å². The number of ether oxygens (including phenoxy) is 2. The van der Waals surface area contributed by atoms with Gasteiger partial charge in [0.2, 0.25) is 5.88 Å². The molecule has 2 N–H and O–H groups in total. The summed E-state index contributed by atoms with van der Waals surface area (Å²) in [4.78, 5) is 9.72. The van der Waals surface area contributed by atoms with Gasteiger partial charge in [0.1, 0.15) is 11.5 Å². The number of aliphatic imine (C=N–C) groups is 1. The zero-order chi connectivity index (χ0) is 17.5. The fourth-order valence-corrected chi connectivity index (χ4v) is 2.75. The topological polar surface area (TPSA) is 76.0 Å². The van der Waals surface area contributed by atoms with Crippen molar-refractivity contribution in [1.82, 2.24) is 10.5 Å². The fourth-order valence-electron chi connectivity index (χ4n) is 2.12. The molecule has 0 bridgehead atoms. The van der Waals surface area contributed by atoms with Crippen LogP contribution < -0.4 is 15.0 Å². The number of hydroxylamine groups is 1. The molecule has 0 saturated carbocycles. The van der Waals surface area contributed by atoms with Crippen molar-refractivity contribution in [1.29, 1.82) is 0 Å². The number of amidine groups is 1. The first-order valence-electron chi connectivity index (χ1n) is 7.54. The molecule has 0 aliphatic heterocycles. The van der Waals surface area contributed by atoms with Crippen molar-refractivity contribution in [2.24, 2.45) is 4.99 Å². The van der Waals surface area contributed by atoms with E-state index < -0.39 is 0 Å². The van der Waals surface area contributed by atoms with Crippen molar-refractivity contribution in [3.05, 3.63) is 70.5 Å². The Kier molecular flexibility index (Phi) is 5.61. The van der Waals surface area contributed by atoms with Crippen LogP contribution in [-0.4, -0.2) is 23.1 Å². The van der Waals surface area contributed by atoms with E-state index in [9.17, 15) is 5.21 Å². The summed E-state index contributed by atoms with van der Waals surface area (Å²) in [5, 5.41) is 11.3. The summed E-state index contributed by atoms with van der Waals surface area (Å²) < 4.78 is 10.9. The Morgan fingerprint density at radius 3 is 2.76 bits per heavy atom. The maximum absolute atomic E-state index is 9.32. The van der Waals surface area contributed by atoms with Gasteiger partial charge in [0.25, 0.3) is 0 Å². The minimum atomic E-state index is 0.355. The van der Waals surface area contributed by atoms with Gasteiger partial charge in [0, 0.05) is 28.8 Å². The number of thiophene rings is 1. The van der Waals surface area contributed by atoms with E-state index in [2.05, 4.69) is 15.5 Å². The lowest BCUT2D eigenvalue weighted by Gasteiger charge is -2.08. The van der Waals surface area contributed by atoms with E-state index in [-0.39, 0.29) is 0 Å². The molecule has 3 rings (SSSR count). The average Bonchev–Trinajstić information content (AvgIpc) is 3.17. The van der Waals surface area contributed by atoms with E-state index in [1.54, 1.807) is 42.8 Å². The van der Waals surface area contributed by atoms with Crippen LogP contribution in [-0.2, 0) is 6.54 Å². The number of hydrogen-bond donors (Lipinski definition) is 2. The van der Waals surface area contributed by atoms with E-state index in [1.807, 2.05) is 35.7 Å². The molecule has 0 unspecified atom stereocenters. The van der Waals surface area contributed by atoms with Crippen molar-refractivity contribution in [2.45, 2.75) is 6.54 Å². The lowest BCUT2D eigenvalue weighted by molar-refractivity contribution is 0.234. The first kappa shape index (κ1) is 16.9. The molecule has 6 nitrogen and oxygen atoms in total. The smallest absolute Gasteiger partial charge is 0.219 e. The molecule has 0 spiro atoms. The summed E-state index contributed by atoms with van der Waals surface area (Å²) in [5.74, 6) is 2.13. The number of nitrogens with one attached hydrogen (secondary N) is 1. The number of hydrogen-bond acceptors (Lipinski definition) is 6. The molecule has 128 valence electrons. The lowest BCUT2D eigenvalue weighted by Crippen LogP contribution is -2.20. The van der Waals surface area contributed by atoms with Gasteiger partial charge in [-0.25, -0.2) is 4.98 Å². The molecule has 0 aliphatic rings. The third kappa shape index (κ3) is 4.56. The van der Waals surface area contributed by atoms with Gasteiger partial charge in [-0.05, 0) is 29.6 Å². The highest BCUT2D eigenvalue weighted by Gasteiger charge is 2.06. The van der Waals surface area contributed by atoms with Crippen molar-refractivity contribution in [3.8, 4) is 17.4 Å². The molecule has 2 heterocycles. The molecular weight excluding hydrogens is 338 g/mol. The van der Waals surface area contributed by atoms with E-state index in [0.29, 0.717) is 35.3 Å². The summed E-state index contributed by atoms with van der Waals surface area (Å²) in [6.45, 7) is 0.489. The van der Waals surface area contributed by atoms with Crippen molar-refractivity contribution < 1.29 is 14.7 Å². The third-order valence-corrected chi connectivity index (χ3v) is 4.21. The number of nitrogens with zero attached hydrogens (tertiary/aromatic N) is 2. The molecule has 3 aromatic rings. The Balaban J connectivity index is 1.70. The van der Waals surface area contributed by atoms with Crippen LogP contribution in [0.5, 0.6) is 17.4 Å². The molecule has 0 atom stereocenters. The average molecular weight is 355 g/mol. The van der Waals surface area contributed by atoms with Gasteiger partial charge >= 0.3 is 0 Å². The number of aromatic nitrogens is 1. The van der Waals surface area contributed by atoms with Crippen molar-refractivity contribution >= 4 is 17.2 Å². The standard InChI is InChI=1S/C18H17N3O3S/c1-23-14-4-2-5-15(10-14)24-17-8-7-13(11-19-17)18(21-22)20-12-16-6-3-9-25-16/h2-11,22H,12H2,1H3,(H,20,21). The predicted molar refractivity (Wildman–Crippen MR) is 96.8 cm³/mol. The first-order valence-corrected chi connectivity index (χ1v) is 8.41. The van der Waals surface area contributed by atoms with Crippen molar-refractivity contribution in [3.63, 3.8) is 0 Å². The summed E-state index contributed by atoms with van der Waals surface area (Å²) in [7, 11) is 1.60. The normalized spacial score (nSPS) is 11.2. The van der Waals surface area contributed by atoms with Crippen LogP contribution in [0, 0.1) is 0 Å². The second kappa shape index (κ2) is 8.27. The maximum atomic E-state index is 9.32. The quantitative estimate of drug-likeness (QED) is 0.399. The van der Waals surface area contributed by atoms with Crippen LogP contribution in [0.25, 0.3) is 0 Å². The van der Waals surface area contributed by atoms with E-state index >= 15 is 0 Å². The zero-order valence-corrected chi connectivity index (χ0v) is 14.4. The first-order chi connectivity index (χ1) is 12.3. The van der Waals surface area contributed by atoms with Crippen molar-refractivity contribution in [2.75, 3.05) is 7.11 Å². The molecule has 25 heavy (non-hydrogen) atoms. The van der Waals surface area contributed by atoms with Gasteiger partial charge in [0.15, 0.2) is 5.84 Å². The highest BCUT2D eigenvalue weighted by molar-refractivity contribution is 7.09. The van der Waals surface area contributed by atoms with Crippen LogP contribution in [0.15, 0.2) is 65.1 Å². The molecular formula is C18H17N3O3S. The Morgan fingerprint density at radius 1 is 1.20 bits per heavy atom. The molecule has 0 amide bonds. The highest BCUT2D eigenvalue weighted by atomic mass is 32.1. The Labute approximate surface area is 149 Å². The van der Waals surface area contributed by atoms with Gasteiger partial charge < -0.3 is 9.47 Å². The number of methoxy groups -OCH3 is 1. The minimum absolute atomic E-state index is 0.355. The van der Waals surface area contributed by atoms with Crippen LogP contribution in [0.1, 0.15) is 10.4 Å². The second-order valence-electron chi connectivity index (χ2n) is 5.02. The highest BCUT2D eigenvalue weighted by Crippen LogP contribution is 2.23. The largest absolute Gasteiger partial charge is 0.497 e. The van der Waals surface area contributed by atoms with Gasteiger partial charge in [-0.3, -0.25) is 15.7 Å². The summed E-state index contributed by atoms with van der Waals surface area (Å²) in [6.07, 6.45) is 1.59. The van der Waals surface area contributed by atoms with Crippen LogP contribution >= 0.6 is 11.3 Å². The monoisotopic (exact) mass is 355 g/mol. The van der Waals surface area contributed by atoms with Crippen LogP contribution in [0.2, 0.25) is 0 Å². The molecule has 7 heteroatoms. The molecule has 0 fully saturated rings. The van der Waals surface area contributed by atoms with E-state index in [0.717, 1.165) is 4.88 Å². The molecule has 0 saturated heterocycles. The Morgan fingerprint density at radius 2 is 2.08 bits per heavy atom. The second-order valence-corrected chi connectivity index (χ2v) is 6.05. The van der Waals surface area contributed by atoms with E-state index in [4.69, 9.17) is 9.47 Å². The summed E-state index contributed by atoms with van der Waals surface area (Å²) in [6, 6.07) is 14.7.